The van der Waals surface area contributed by atoms with Crippen molar-refractivity contribution in [3.8, 4) is 11.5 Å². The van der Waals surface area contributed by atoms with E-state index in [9.17, 15) is 9.90 Å². The number of hydrogen-bond acceptors (Lipinski definition) is 4. The van der Waals surface area contributed by atoms with Crippen molar-refractivity contribution in [2.24, 2.45) is 7.05 Å². The molecule has 0 saturated heterocycles. The molecule has 0 fully saturated rings. The fourth-order valence-corrected chi connectivity index (χ4v) is 1.49. The summed E-state index contributed by atoms with van der Waals surface area (Å²) in [7, 11) is 1.83. The molecule has 2 aromatic rings. The van der Waals surface area contributed by atoms with Crippen molar-refractivity contribution in [2.75, 3.05) is 0 Å². The zero-order valence-electron chi connectivity index (χ0n) is 9.79. The van der Waals surface area contributed by atoms with Gasteiger partial charge in [-0.3, -0.25) is 4.79 Å². The number of hydrogen-bond donors (Lipinski definition) is 3. The molecule has 0 aliphatic rings. The highest BCUT2D eigenvalue weighted by Gasteiger charge is 2.09. The van der Waals surface area contributed by atoms with E-state index in [1.54, 1.807) is 17.0 Å². The SMILES string of the molecule is Cn1ccnc1CNC(=O)c1ccc(O)c(O)c1. The number of imidazole rings is 1. The number of nitrogens with zero attached hydrogens (tertiary/aromatic N) is 2. The van der Waals surface area contributed by atoms with Crippen molar-refractivity contribution in [1.29, 1.82) is 0 Å². The standard InChI is InChI=1S/C12H13N3O3/c1-15-5-4-13-11(15)7-14-12(18)8-2-3-9(16)10(17)6-8/h2-6,16-17H,7H2,1H3,(H,14,18). The Hall–Kier alpha value is -2.50. The first-order chi connectivity index (χ1) is 8.58. The highest BCUT2D eigenvalue weighted by molar-refractivity contribution is 5.94. The maximum absolute atomic E-state index is 11.8. The van der Waals surface area contributed by atoms with Gasteiger partial charge in [-0.15, -0.1) is 0 Å². The van der Waals surface area contributed by atoms with Crippen molar-refractivity contribution >= 4 is 5.91 Å². The largest absolute Gasteiger partial charge is 0.504 e. The van der Waals surface area contributed by atoms with E-state index in [0.717, 1.165) is 5.82 Å². The van der Waals surface area contributed by atoms with E-state index in [-0.39, 0.29) is 23.0 Å². The van der Waals surface area contributed by atoms with Crippen LogP contribution in [0.2, 0.25) is 0 Å². The summed E-state index contributed by atoms with van der Waals surface area (Å²) in [5.74, 6) is -0.185. The number of aromatic hydroxyl groups is 2. The summed E-state index contributed by atoms with van der Waals surface area (Å²) in [5, 5.41) is 21.1. The number of carbonyl (C=O) groups excluding carboxylic acids is 1. The predicted octanol–water partition coefficient (Wildman–Crippen LogP) is 0.761. The van der Waals surface area contributed by atoms with Crippen LogP contribution in [0, 0.1) is 0 Å². The van der Waals surface area contributed by atoms with Gasteiger partial charge in [-0.05, 0) is 18.2 Å². The van der Waals surface area contributed by atoms with Crippen LogP contribution in [0.25, 0.3) is 0 Å². The normalized spacial score (nSPS) is 10.3. The quantitative estimate of drug-likeness (QED) is 0.699. The van der Waals surface area contributed by atoms with Gasteiger partial charge in [0.15, 0.2) is 11.5 Å². The fraction of sp³-hybridized carbons (Fsp3) is 0.167. The van der Waals surface area contributed by atoms with Crippen molar-refractivity contribution in [3.05, 3.63) is 42.0 Å². The van der Waals surface area contributed by atoms with Crippen molar-refractivity contribution in [2.45, 2.75) is 6.54 Å². The Balaban J connectivity index is 2.04. The van der Waals surface area contributed by atoms with Gasteiger partial charge in [-0.1, -0.05) is 0 Å². The summed E-state index contributed by atoms with van der Waals surface area (Å²) in [6, 6.07) is 3.91. The number of phenolic OH excluding ortho intramolecular Hbond substituents is 2. The van der Waals surface area contributed by atoms with Gasteiger partial charge in [0.1, 0.15) is 5.82 Å². The van der Waals surface area contributed by atoms with E-state index >= 15 is 0 Å². The van der Waals surface area contributed by atoms with E-state index in [1.165, 1.54) is 18.2 Å². The van der Waals surface area contributed by atoms with Crippen LogP contribution < -0.4 is 5.32 Å². The van der Waals surface area contributed by atoms with Crippen LogP contribution in [0.3, 0.4) is 0 Å². The number of phenols is 2. The van der Waals surface area contributed by atoms with E-state index in [4.69, 9.17) is 5.11 Å². The van der Waals surface area contributed by atoms with E-state index in [2.05, 4.69) is 10.3 Å². The summed E-state index contributed by atoms with van der Waals surface area (Å²) in [5.41, 5.74) is 0.277. The zero-order valence-corrected chi connectivity index (χ0v) is 9.79. The number of aryl methyl sites for hydroxylation is 1. The average molecular weight is 247 g/mol. The van der Waals surface area contributed by atoms with E-state index in [0.29, 0.717) is 6.54 Å². The van der Waals surface area contributed by atoms with Crippen LogP contribution in [0.5, 0.6) is 11.5 Å². The molecule has 1 amide bonds. The maximum atomic E-state index is 11.8. The molecule has 0 radical (unpaired) electrons. The highest BCUT2D eigenvalue weighted by atomic mass is 16.3. The lowest BCUT2D eigenvalue weighted by Crippen LogP contribution is -2.24. The molecule has 0 spiro atoms. The predicted molar refractivity (Wildman–Crippen MR) is 64.1 cm³/mol. The molecule has 0 saturated carbocycles. The number of rotatable bonds is 3. The van der Waals surface area contributed by atoms with Gasteiger partial charge in [-0.2, -0.15) is 0 Å². The van der Waals surface area contributed by atoms with Gasteiger partial charge in [0.25, 0.3) is 5.91 Å². The van der Waals surface area contributed by atoms with Gasteiger partial charge in [-0.25, -0.2) is 4.98 Å². The molecule has 18 heavy (non-hydrogen) atoms. The molecule has 6 nitrogen and oxygen atoms in total. The van der Waals surface area contributed by atoms with Crippen LogP contribution >= 0.6 is 0 Å². The first-order valence-corrected chi connectivity index (χ1v) is 5.34. The highest BCUT2D eigenvalue weighted by Crippen LogP contribution is 2.24. The Kier molecular flexibility index (Phi) is 3.18. The summed E-state index contributed by atoms with van der Waals surface area (Å²) < 4.78 is 1.80. The molecule has 0 atom stereocenters. The third kappa shape index (κ3) is 2.42. The van der Waals surface area contributed by atoms with E-state index in [1.807, 2.05) is 7.05 Å². The van der Waals surface area contributed by atoms with Crippen LogP contribution in [0.1, 0.15) is 16.2 Å². The van der Waals surface area contributed by atoms with Crippen LogP contribution in [0.15, 0.2) is 30.6 Å². The first-order valence-electron chi connectivity index (χ1n) is 5.34. The Morgan fingerprint density at radius 3 is 2.78 bits per heavy atom. The smallest absolute Gasteiger partial charge is 0.251 e. The number of aromatic nitrogens is 2. The van der Waals surface area contributed by atoms with Gasteiger partial charge in [0.05, 0.1) is 6.54 Å². The van der Waals surface area contributed by atoms with Crippen LogP contribution in [0.4, 0.5) is 0 Å². The van der Waals surface area contributed by atoms with Gasteiger partial charge in [0, 0.05) is 25.0 Å². The zero-order chi connectivity index (χ0) is 13.1. The van der Waals surface area contributed by atoms with Gasteiger partial charge < -0.3 is 20.1 Å². The molecule has 0 aliphatic carbocycles. The number of amides is 1. The molecule has 1 heterocycles. The topological polar surface area (TPSA) is 87.4 Å². The fourth-order valence-electron chi connectivity index (χ4n) is 1.49. The molecule has 0 bridgehead atoms. The Morgan fingerprint density at radius 2 is 2.17 bits per heavy atom. The number of nitrogens with one attached hydrogen (secondary N) is 1. The lowest BCUT2D eigenvalue weighted by molar-refractivity contribution is 0.0949. The third-order valence-electron chi connectivity index (χ3n) is 2.57. The molecule has 1 aromatic carbocycles. The Labute approximate surface area is 104 Å². The molecule has 0 aliphatic heterocycles. The van der Waals surface area contributed by atoms with Gasteiger partial charge in [0.2, 0.25) is 0 Å². The average Bonchev–Trinajstić information content (AvgIpc) is 2.75. The molecular weight excluding hydrogens is 234 g/mol. The number of benzene rings is 1. The van der Waals surface area contributed by atoms with Crippen molar-refractivity contribution in [1.82, 2.24) is 14.9 Å². The molecule has 2 rings (SSSR count). The van der Waals surface area contributed by atoms with Crippen LogP contribution in [-0.4, -0.2) is 25.7 Å². The summed E-state index contributed by atoms with van der Waals surface area (Å²) >= 11 is 0. The summed E-state index contributed by atoms with van der Waals surface area (Å²) in [6.45, 7) is 0.296. The molecule has 6 heteroatoms. The van der Waals surface area contributed by atoms with Crippen molar-refractivity contribution in [3.63, 3.8) is 0 Å². The van der Waals surface area contributed by atoms with Crippen molar-refractivity contribution < 1.29 is 15.0 Å². The molecule has 3 N–H and O–H groups in total. The monoisotopic (exact) mass is 247 g/mol. The second-order valence-electron chi connectivity index (χ2n) is 3.84. The third-order valence-corrected chi connectivity index (χ3v) is 2.57. The molecule has 0 unspecified atom stereocenters. The minimum absolute atomic E-state index is 0.254. The summed E-state index contributed by atoms with van der Waals surface area (Å²) in [4.78, 5) is 15.8. The van der Waals surface area contributed by atoms with Gasteiger partial charge >= 0.3 is 0 Å². The molecular formula is C12H13N3O3. The lowest BCUT2D eigenvalue weighted by atomic mass is 10.2. The second-order valence-corrected chi connectivity index (χ2v) is 3.84. The van der Waals surface area contributed by atoms with E-state index < -0.39 is 0 Å². The molecule has 94 valence electrons. The van der Waals surface area contributed by atoms with Crippen LogP contribution in [-0.2, 0) is 13.6 Å². The minimum Gasteiger partial charge on any atom is -0.504 e. The lowest BCUT2D eigenvalue weighted by Gasteiger charge is -2.06. The number of carbonyl (C=O) groups is 1. The first kappa shape index (κ1) is 12.0. The molecule has 1 aromatic heterocycles. The Bertz CT molecular complexity index is 578. The minimum atomic E-state index is -0.340. The maximum Gasteiger partial charge on any atom is 0.251 e. The second kappa shape index (κ2) is 4.79. The summed E-state index contributed by atoms with van der Waals surface area (Å²) in [6.07, 6.45) is 3.43. The Morgan fingerprint density at radius 1 is 1.39 bits per heavy atom.